The second-order valence-electron chi connectivity index (χ2n) is 9.62. The lowest BCUT2D eigenvalue weighted by atomic mass is 9.48. The first kappa shape index (κ1) is 20.1. The number of carbonyl (C=O) groups is 2. The number of rotatable bonds is 6. The minimum absolute atomic E-state index is 0.0509. The van der Waals surface area contributed by atoms with Crippen LogP contribution in [0.3, 0.4) is 0 Å². The maximum atomic E-state index is 12.5. The fourth-order valence-corrected chi connectivity index (χ4v) is 6.86. The molecule has 2 aromatic carbocycles. The molecule has 31 heavy (non-hydrogen) atoms. The molecule has 0 spiro atoms. The molecule has 0 aliphatic heterocycles. The number of carbonyl (C=O) groups excluding carboxylic acids is 1. The molecule has 4 aliphatic carbocycles. The van der Waals surface area contributed by atoms with Gasteiger partial charge < -0.3 is 14.6 Å². The fraction of sp³-hybridized carbons (Fsp3) is 0.462. The van der Waals surface area contributed by atoms with Gasteiger partial charge in [-0.25, -0.2) is 9.59 Å². The fourth-order valence-electron chi connectivity index (χ4n) is 6.86. The Labute approximate surface area is 182 Å². The Morgan fingerprint density at radius 3 is 2.13 bits per heavy atom. The predicted molar refractivity (Wildman–Crippen MR) is 115 cm³/mol. The van der Waals surface area contributed by atoms with E-state index in [0.29, 0.717) is 16.9 Å². The van der Waals surface area contributed by atoms with Gasteiger partial charge in [0.05, 0.1) is 18.2 Å². The summed E-state index contributed by atoms with van der Waals surface area (Å²) in [5.74, 6) is 1.35. The highest BCUT2D eigenvalue weighted by atomic mass is 16.5. The number of benzene rings is 2. The predicted octanol–water partition coefficient (Wildman–Crippen LogP) is 5.22. The molecule has 1 N–H and O–H groups in total. The zero-order valence-electron chi connectivity index (χ0n) is 17.8. The number of hydrogen-bond acceptors (Lipinski definition) is 4. The summed E-state index contributed by atoms with van der Waals surface area (Å²) in [6.45, 7) is -0.126. The molecule has 0 atom stereocenters. The molecular weight excluding hydrogens is 392 g/mol. The molecule has 4 aliphatic rings. The van der Waals surface area contributed by atoms with Crippen molar-refractivity contribution in [1.82, 2.24) is 0 Å². The molecule has 5 nitrogen and oxygen atoms in total. The highest BCUT2D eigenvalue weighted by molar-refractivity contribution is 5.91. The molecule has 0 amide bonds. The Morgan fingerprint density at radius 1 is 0.968 bits per heavy atom. The van der Waals surface area contributed by atoms with Crippen molar-refractivity contribution in [1.29, 1.82) is 0 Å². The Kier molecular flexibility index (Phi) is 4.99. The van der Waals surface area contributed by atoms with Gasteiger partial charge in [-0.2, -0.15) is 0 Å². The summed E-state index contributed by atoms with van der Waals surface area (Å²) < 4.78 is 11.4. The van der Waals surface area contributed by atoms with Crippen LogP contribution < -0.4 is 4.74 Å². The molecule has 0 radical (unpaired) electrons. The van der Waals surface area contributed by atoms with Crippen LogP contribution in [0.2, 0.25) is 0 Å². The van der Waals surface area contributed by atoms with Crippen molar-refractivity contribution in [2.24, 2.45) is 17.8 Å². The van der Waals surface area contributed by atoms with Gasteiger partial charge in [-0.3, -0.25) is 0 Å². The number of carboxylic acid groups (broad SMARTS) is 1. The SMILES string of the molecule is COc1c(C23CC4CC(CC(C4)C2)C3)ccc(C(=O)O)c1COC(=O)c1ccccc1. The normalized spacial score (nSPS) is 28.4. The van der Waals surface area contributed by atoms with Crippen LogP contribution in [0.5, 0.6) is 5.75 Å². The lowest BCUT2D eigenvalue weighted by molar-refractivity contribution is -0.00631. The molecule has 0 saturated heterocycles. The van der Waals surface area contributed by atoms with Crippen LogP contribution in [0.25, 0.3) is 0 Å². The van der Waals surface area contributed by atoms with Crippen LogP contribution >= 0.6 is 0 Å². The summed E-state index contributed by atoms with van der Waals surface area (Å²) in [4.78, 5) is 24.5. The molecule has 0 aromatic heterocycles. The second-order valence-corrected chi connectivity index (χ2v) is 9.62. The van der Waals surface area contributed by atoms with Crippen molar-refractivity contribution in [2.75, 3.05) is 7.11 Å². The van der Waals surface area contributed by atoms with Crippen molar-refractivity contribution in [2.45, 2.75) is 50.5 Å². The molecule has 4 bridgehead atoms. The van der Waals surface area contributed by atoms with Gasteiger partial charge in [0.25, 0.3) is 0 Å². The summed E-state index contributed by atoms with van der Waals surface area (Å²) in [7, 11) is 1.59. The molecular formula is C26H28O5. The van der Waals surface area contributed by atoms with Gasteiger partial charge in [-0.05, 0) is 79.9 Å². The van der Waals surface area contributed by atoms with Gasteiger partial charge in [0.2, 0.25) is 0 Å². The molecule has 4 fully saturated rings. The topological polar surface area (TPSA) is 72.8 Å². The van der Waals surface area contributed by atoms with Crippen molar-refractivity contribution in [3.63, 3.8) is 0 Å². The minimum atomic E-state index is -1.04. The van der Waals surface area contributed by atoms with Crippen LogP contribution in [0.15, 0.2) is 42.5 Å². The molecule has 2 aromatic rings. The summed E-state index contributed by atoms with van der Waals surface area (Å²) in [6.07, 6.45) is 7.42. The van der Waals surface area contributed by atoms with E-state index < -0.39 is 11.9 Å². The summed E-state index contributed by atoms with van der Waals surface area (Å²) >= 11 is 0. The van der Waals surface area contributed by atoms with E-state index in [4.69, 9.17) is 9.47 Å². The van der Waals surface area contributed by atoms with Crippen LogP contribution in [-0.2, 0) is 16.8 Å². The molecule has 4 saturated carbocycles. The van der Waals surface area contributed by atoms with Gasteiger partial charge in [-0.1, -0.05) is 24.3 Å². The molecule has 162 valence electrons. The first-order valence-corrected chi connectivity index (χ1v) is 11.1. The molecule has 6 rings (SSSR count). The highest BCUT2D eigenvalue weighted by Crippen LogP contribution is 2.62. The largest absolute Gasteiger partial charge is 0.496 e. The summed E-state index contributed by atoms with van der Waals surface area (Å²) in [6, 6.07) is 12.4. The summed E-state index contributed by atoms with van der Waals surface area (Å²) in [5, 5.41) is 9.80. The van der Waals surface area contributed by atoms with E-state index in [2.05, 4.69) is 0 Å². The average Bonchev–Trinajstić information content (AvgIpc) is 2.76. The number of ether oxygens (including phenoxy) is 2. The van der Waals surface area contributed by atoms with E-state index in [1.807, 2.05) is 12.1 Å². The maximum Gasteiger partial charge on any atom is 0.338 e. The summed E-state index contributed by atoms with van der Waals surface area (Å²) in [5.41, 5.74) is 2.18. The lowest BCUT2D eigenvalue weighted by Crippen LogP contribution is -2.48. The number of carboxylic acids is 1. The van der Waals surface area contributed by atoms with Gasteiger partial charge in [0.15, 0.2) is 0 Å². The number of methoxy groups -OCH3 is 1. The van der Waals surface area contributed by atoms with E-state index >= 15 is 0 Å². The third-order valence-corrected chi connectivity index (χ3v) is 7.66. The van der Waals surface area contributed by atoms with E-state index in [1.165, 1.54) is 19.3 Å². The van der Waals surface area contributed by atoms with Crippen LogP contribution in [0.1, 0.15) is 70.4 Å². The smallest absolute Gasteiger partial charge is 0.338 e. The van der Waals surface area contributed by atoms with Crippen molar-refractivity contribution < 1.29 is 24.2 Å². The Balaban J connectivity index is 1.51. The van der Waals surface area contributed by atoms with E-state index in [1.54, 1.807) is 37.4 Å². The zero-order chi connectivity index (χ0) is 21.6. The van der Waals surface area contributed by atoms with Crippen LogP contribution in [0.4, 0.5) is 0 Å². The van der Waals surface area contributed by atoms with Gasteiger partial charge >= 0.3 is 11.9 Å². The minimum Gasteiger partial charge on any atom is -0.496 e. The number of hydrogen-bond donors (Lipinski definition) is 1. The quantitative estimate of drug-likeness (QED) is 0.649. The maximum absolute atomic E-state index is 12.5. The number of esters is 1. The van der Waals surface area contributed by atoms with E-state index in [-0.39, 0.29) is 17.6 Å². The Hall–Kier alpha value is -2.82. The Morgan fingerprint density at radius 2 is 1.58 bits per heavy atom. The third-order valence-electron chi connectivity index (χ3n) is 7.66. The first-order chi connectivity index (χ1) is 15.0. The Bertz CT molecular complexity index is 975. The highest BCUT2D eigenvalue weighted by Gasteiger charge is 2.52. The standard InChI is InChI=1S/C26H28O5/c1-30-23-21(15-31-25(29)19-5-3-2-4-6-19)20(24(27)28)7-8-22(23)26-12-16-9-17(13-26)11-18(10-16)14-26/h2-8,16-18H,9-15H2,1H3,(H,27,28). The van der Waals surface area contributed by atoms with Gasteiger partial charge in [0, 0.05) is 11.1 Å². The molecule has 5 heteroatoms. The molecule has 0 heterocycles. The van der Waals surface area contributed by atoms with Crippen molar-refractivity contribution in [3.05, 3.63) is 64.7 Å². The zero-order valence-corrected chi connectivity index (χ0v) is 17.8. The third kappa shape index (κ3) is 3.50. The van der Waals surface area contributed by atoms with Gasteiger partial charge in [0.1, 0.15) is 12.4 Å². The van der Waals surface area contributed by atoms with Crippen molar-refractivity contribution in [3.8, 4) is 5.75 Å². The van der Waals surface area contributed by atoms with Crippen molar-refractivity contribution >= 4 is 11.9 Å². The lowest BCUT2D eigenvalue weighted by Gasteiger charge is -2.57. The van der Waals surface area contributed by atoms with Crippen LogP contribution in [-0.4, -0.2) is 24.2 Å². The van der Waals surface area contributed by atoms with E-state index in [9.17, 15) is 14.7 Å². The van der Waals surface area contributed by atoms with E-state index in [0.717, 1.165) is 42.6 Å². The average molecular weight is 421 g/mol. The number of aromatic carboxylic acids is 1. The van der Waals surface area contributed by atoms with Gasteiger partial charge in [-0.15, -0.1) is 0 Å². The van der Waals surface area contributed by atoms with Crippen LogP contribution in [0, 0.1) is 17.8 Å². The first-order valence-electron chi connectivity index (χ1n) is 11.1. The second kappa shape index (κ2) is 7.70. The molecule has 0 unspecified atom stereocenters. The monoisotopic (exact) mass is 420 g/mol.